The third-order valence-electron chi connectivity index (χ3n) is 10.2. The van der Waals surface area contributed by atoms with Gasteiger partial charge in [-0.2, -0.15) is 0 Å². The lowest BCUT2D eigenvalue weighted by Crippen LogP contribution is -2.09. The van der Waals surface area contributed by atoms with Gasteiger partial charge in [0.1, 0.15) is 0 Å². The lowest BCUT2D eigenvalue weighted by molar-refractivity contribution is 1.14. The molecule has 4 nitrogen and oxygen atoms in total. The van der Waals surface area contributed by atoms with Gasteiger partial charge in [0.2, 0.25) is 0 Å². The number of hydrogen-bond donors (Lipinski definition) is 0. The largest absolute Gasteiger partial charge is 0.310 e. The first kappa shape index (κ1) is 32.1. The van der Waals surface area contributed by atoms with Crippen LogP contribution in [0, 0.1) is 20.8 Å². The van der Waals surface area contributed by atoms with Crippen LogP contribution in [-0.4, -0.2) is 14.5 Å². The predicted molar refractivity (Wildman–Crippen MR) is 222 cm³/mol. The van der Waals surface area contributed by atoms with E-state index >= 15 is 0 Å². The SMILES string of the molecule is Cc1ccccc1-c1cc(-c2ccc(-n3c4ccccc4c4cc(N(c5ccccc5)c5ccccc5)ccc43)c(C)c2)nc(-c2ccccc2C)n1. The van der Waals surface area contributed by atoms with E-state index in [0.29, 0.717) is 0 Å². The zero-order chi connectivity index (χ0) is 35.9. The van der Waals surface area contributed by atoms with Gasteiger partial charge in [-0.3, -0.25) is 0 Å². The van der Waals surface area contributed by atoms with Crippen LogP contribution in [0.4, 0.5) is 17.1 Å². The van der Waals surface area contributed by atoms with Crippen LogP contribution >= 0.6 is 0 Å². The molecule has 0 atom stereocenters. The van der Waals surface area contributed by atoms with E-state index in [1.807, 2.05) is 0 Å². The minimum Gasteiger partial charge on any atom is -0.310 e. The minimum atomic E-state index is 0.735. The second-order valence-electron chi connectivity index (χ2n) is 13.7. The molecule has 0 radical (unpaired) electrons. The van der Waals surface area contributed by atoms with Gasteiger partial charge >= 0.3 is 0 Å². The molecule has 0 saturated heterocycles. The number of hydrogen-bond acceptors (Lipinski definition) is 3. The molecule has 0 saturated carbocycles. The zero-order valence-electron chi connectivity index (χ0n) is 30.0. The third kappa shape index (κ3) is 5.84. The molecular formula is C49H38N4. The number of fused-ring (bicyclic) bond motifs is 3. The number of aryl methyl sites for hydroxylation is 3. The van der Waals surface area contributed by atoms with Crippen LogP contribution in [0.25, 0.3) is 61.4 Å². The van der Waals surface area contributed by atoms with Crippen LogP contribution < -0.4 is 4.90 Å². The van der Waals surface area contributed by atoms with E-state index in [0.717, 1.165) is 73.3 Å². The first-order chi connectivity index (χ1) is 26.0. The van der Waals surface area contributed by atoms with E-state index in [9.17, 15) is 0 Å². The van der Waals surface area contributed by atoms with Gasteiger partial charge in [0.15, 0.2) is 5.82 Å². The standard InChI is InChI=1S/C49H38N4/c1-33-16-10-12-22-40(33)45-32-44(50-49(51-45)41-23-13-11-17-34(41)2)36-26-28-46(35(3)30-36)53-47-25-15-14-24-42(47)43-31-39(27-29-48(43)53)52(37-18-6-4-7-19-37)38-20-8-5-9-21-38/h4-32H,1-3H3. The summed E-state index contributed by atoms with van der Waals surface area (Å²) in [4.78, 5) is 12.6. The molecule has 0 aliphatic carbocycles. The highest BCUT2D eigenvalue weighted by Gasteiger charge is 2.19. The summed E-state index contributed by atoms with van der Waals surface area (Å²) < 4.78 is 2.40. The van der Waals surface area contributed by atoms with Gasteiger partial charge in [-0.05, 0) is 104 Å². The summed E-state index contributed by atoms with van der Waals surface area (Å²) in [5, 5.41) is 2.43. The van der Waals surface area contributed by atoms with E-state index in [-0.39, 0.29) is 0 Å². The van der Waals surface area contributed by atoms with Crippen molar-refractivity contribution in [1.82, 2.24) is 14.5 Å². The molecule has 254 valence electrons. The fourth-order valence-corrected chi connectivity index (χ4v) is 7.56. The second-order valence-corrected chi connectivity index (χ2v) is 13.7. The van der Waals surface area contributed by atoms with Crippen molar-refractivity contribution >= 4 is 38.9 Å². The topological polar surface area (TPSA) is 34.0 Å². The number of nitrogens with zero attached hydrogens (tertiary/aromatic N) is 4. The van der Waals surface area contributed by atoms with E-state index in [2.05, 4.69) is 206 Å². The maximum atomic E-state index is 5.18. The molecule has 0 aliphatic heterocycles. The van der Waals surface area contributed by atoms with Gasteiger partial charge in [-0.15, -0.1) is 0 Å². The maximum absolute atomic E-state index is 5.18. The van der Waals surface area contributed by atoms with Crippen LogP contribution in [0.15, 0.2) is 176 Å². The number of para-hydroxylation sites is 3. The Balaban J connectivity index is 1.18. The van der Waals surface area contributed by atoms with Gasteiger partial charge < -0.3 is 9.47 Å². The Labute approximate surface area is 310 Å². The Bertz CT molecular complexity index is 2660. The van der Waals surface area contributed by atoms with E-state index in [1.165, 1.54) is 21.9 Å². The number of benzene rings is 7. The molecule has 0 aliphatic rings. The van der Waals surface area contributed by atoms with Gasteiger partial charge in [-0.25, -0.2) is 9.97 Å². The van der Waals surface area contributed by atoms with E-state index in [1.54, 1.807) is 0 Å². The summed E-state index contributed by atoms with van der Waals surface area (Å²) >= 11 is 0. The van der Waals surface area contributed by atoms with Crippen molar-refractivity contribution in [3.8, 4) is 39.6 Å². The smallest absolute Gasteiger partial charge is 0.160 e. The van der Waals surface area contributed by atoms with Gasteiger partial charge in [0, 0.05) is 50.2 Å². The Morgan fingerprint density at radius 3 is 1.68 bits per heavy atom. The second kappa shape index (κ2) is 13.4. The van der Waals surface area contributed by atoms with Crippen LogP contribution in [0.2, 0.25) is 0 Å². The maximum Gasteiger partial charge on any atom is 0.160 e. The predicted octanol–water partition coefficient (Wildman–Crippen LogP) is 13.0. The zero-order valence-corrected chi connectivity index (χ0v) is 30.0. The molecule has 0 unspecified atom stereocenters. The van der Waals surface area contributed by atoms with Crippen molar-refractivity contribution in [1.29, 1.82) is 0 Å². The van der Waals surface area contributed by atoms with E-state index in [4.69, 9.17) is 9.97 Å². The van der Waals surface area contributed by atoms with Crippen LogP contribution in [-0.2, 0) is 0 Å². The highest BCUT2D eigenvalue weighted by atomic mass is 15.1. The number of rotatable bonds is 7. The highest BCUT2D eigenvalue weighted by Crippen LogP contribution is 2.40. The van der Waals surface area contributed by atoms with Crippen molar-refractivity contribution in [2.45, 2.75) is 20.8 Å². The summed E-state index contributed by atoms with van der Waals surface area (Å²) in [7, 11) is 0. The molecule has 9 aromatic rings. The van der Waals surface area contributed by atoms with Gasteiger partial charge in [-0.1, -0.05) is 109 Å². The Kier molecular flexibility index (Phi) is 8.13. The van der Waals surface area contributed by atoms with Crippen LogP contribution in [0.5, 0.6) is 0 Å². The number of aromatic nitrogens is 3. The Hall–Kier alpha value is -6.78. The summed E-state index contributed by atoms with van der Waals surface area (Å²) in [6, 6.07) is 62.3. The van der Waals surface area contributed by atoms with Crippen molar-refractivity contribution in [3.63, 3.8) is 0 Å². The summed E-state index contributed by atoms with van der Waals surface area (Å²) in [5.74, 6) is 0.735. The van der Waals surface area contributed by atoms with Crippen LogP contribution in [0.1, 0.15) is 16.7 Å². The van der Waals surface area contributed by atoms with Gasteiger partial charge in [0.25, 0.3) is 0 Å². The lowest BCUT2D eigenvalue weighted by Gasteiger charge is -2.25. The normalized spacial score (nSPS) is 11.3. The first-order valence-electron chi connectivity index (χ1n) is 18.1. The molecule has 0 amide bonds. The van der Waals surface area contributed by atoms with Gasteiger partial charge in [0.05, 0.1) is 22.4 Å². The molecule has 9 rings (SSSR count). The highest BCUT2D eigenvalue weighted by molar-refractivity contribution is 6.10. The monoisotopic (exact) mass is 682 g/mol. The Morgan fingerprint density at radius 2 is 1.00 bits per heavy atom. The molecule has 2 aromatic heterocycles. The quantitative estimate of drug-likeness (QED) is 0.168. The van der Waals surface area contributed by atoms with Crippen molar-refractivity contribution in [2.75, 3.05) is 4.90 Å². The first-order valence-corrected chi connectivity index (χ1v) is 18.1. The molecule has 7 aromatic carbocycles. The fourth-order valence-electron chi connectivity index (χ4n) is 7.56. The lowest BCUT2D eigenvalue weighted by atomic mass is 10.0. The molecule has 53 heavy (non-hydrogen) atoms. The Morgan fingerprint density at radius 1 is 0.415 bits per heavy atom. The van der Waals surface area contributed by atoms with Crippen molar-refractivity contribution in [2.24, 2.45) is 0 Å². The van der Waals surface area contributed by atoms with Crippen molar-refractivity contribution in [3.05, 3.63) is 193 Å². The average Bonchev–Trinajstić information content (AvgIpc) is 3.52. The molecule has 0 bridgehead atoms. The van der Waals surface area contributed by atoms with Crippen molar-refractivity contribution < 1.29 is 0 Å². The summed E-state index contributed by atoms with van der Waals surface area (Å²) in [6.45, 7) is 6.46. The third-order valence-corrected chi connectivity index (χ3v) is 10.2. The molecule has 4 heteroatoms. The average molecular weight is 683 g/mol. The fraction of sp³-hybridized carbons (Fsp3) is 0.0612. The van der Waals surface area contributed by atoms with Crippen LogP contribution in [0.3, 0.4) is 0 Å². The summed E-state index contributed by atoms with van der Waals surface area (Å²) in [6.07, 6.45) is 0. The molecule has 0 fully saturated rings. The molecular weight excluding hydrogens is 645 g/mol. The summed E-state index contributed by atoms with van der Waals surface area (Å²) in [5.41, 5.74) is 15.4. The molecule has 2 heterocycles. The molecule has 0 spiro atoms. The van der Waals surface area contributed by atoms with E-state index < -0.39 is 0 Å². The minimum absolute atomic E-state index is 0.735. The number of anilines is 3. The molecule has 0 N–H and O–H groups in total.